The topological polar surface area (TPSA) is 32.3 Å². The Labute approximate surface area is 65.1 Å². The third kappa shape index (κ3) is 2.67. The van der Waals surface area contributed by atoms with Gasteiger partial charge in [0.25, 0.3) is 0 Å². The third-order valence-corrected chi connectivity index (χ3v) is 0.888. The zero-order valence-electron chi connectivity index (χ0n) is 4.52. The van der Waals surface area contributed by atoms with Gasteiger partial charge in [-0.25, -0.2) is 0 Å². The molecule has 0 bridgehead atoms. The van der Waals surface area contributed by atoms with Gasteiger partial charge in [0.2, 0.25) is 0 Å². The molecule has 0 spiro atoms. The van der Waals surface area contributed by atoms with E-state index in [1.165, 1.54) is 0 Å². The van der Waals surface area contributed by atoms with Crippen LogP contribution >= 0.6 is 0 Å². The molecule has 1 fully saturated rings. The Kier molecular flexibility index (Phi) is 4.37. The van der Waals surface area contributed by atoms with Crippen molar-refractivity contribution in [1.82, 2.24) is 0 Å². The molecule has 3 heteroatoms. The molecule has 1 atom stereocenters. The average Bonchev–Trinajstić information content (AvgIpc) is 1.86. The van der Waals surface area contributed by atoms with Crippen LogP contribution in [0, 0.1) is 0 Å². The SMILES string of the molecule is [Na+].[O-][C@@H]1CCOC1. The van der Waals surface area contributed by atoms with Crippen LogP contribution in [-0.2, 0) is 4.74 Å². The van der Waals surface area contributed by atoms with Crippen molar-refractivity contribution in [2.24, 2.45) is 0 Å². The Morgan fingerprint density at radius 2 is 2.29 bits per heavy atom. The van der Waals surface area contributed by atoms with E-state index in [1.54, 1.807) is 0 Å². The molecule has 1 aliphatic heterocycles. The minimum absolute atomic E-state index is 0. The van der Waals surface area contributed by atoms with E-state index in [-0.39, 0.29) is 29.6 Å². The van der Waals surface area contributed by atoms with E-state index in [1.807, 2.05) is 0 Å². The van der Waals surface area contributed by atoms with E-state index < -0.39 is 6.10 Å². The van der Waals surface area contributed by atoms with E-state index in [4.69, 9.17) is 4.74 Å². The van der Waals surface area contributed by atoms with Crippen LogP contribution in [0.4, 0.5) is 0 Å². The van der Waals surface area contributed by atoms with E-state index in [0.717, 1.165) is 0 Å². The van der Waals surface area contributed by atoms with Crippen molar-refractivity contribution in [3.8, 4) is 0 Å². The quantitative estimate of drug-likeness (QED) is 0.299. The number of hydrogen-bond donors (Lipinski definition) is 0. The minimum Gasteiger partial charge on any atom is -0.850 e. The summed E-state index contributed by atoms with van der Waals surface area (Å²) in [6.07, 6.45) is 0.282. The molecule has 0 N–H and O–H groups in total. The number of rotatable bonds is 0. The molecule has 0 radical (unpaired) electrons. The van der Waals surface area contributed by atoms with E-state index >= 15 is 0 Å². The second kappa shape index (κ2) is 3.87. The maximum absolute atomic E-state index is 10.2. The van der Waals surface area contributed by atoms with Gasteiger partial charge < -0.3 is 9.84 Å². The average molecular weight is 110 g/mol. The van der Waals surface area contributed by atoms with Crippen molar-refractivity contribution in [1.29, 1.82) is 0 Å². The second-order valence-electron chi connectivity index (χ2n) is 1.49. The fourth-order valence-electron chi connectivity index (χ4n) is 0.513. The molecule has 0 amide bonds. The Hall–Kier alpha value is 0.920. The second-order valence-corrected chi connectivity index (χ2v) is 1.49. The van der Waals surface area contributed by atoms with Crippen LogP contribution in [0.1, 0.15) is 6.42 Å². The Balaban J connectivity index is 0.000000360. The smallest absolute Gasteiger partial charge is 0.850 e. The summed E-state index contributed by atoms with van der Waals surface area (Å²) in [6.45, 7) is 1.11. The van der Waals surface area contributed by atoms with Gasteiger partial charge in [0, 0.05) is 13.2 Å². The van der Waals surface area contributed by atoms with E-state index in [9.17, 15) is 5.11 Å². The van der Waals surface area contributed by atoms with Gasteiger partial charge in [0.15, 0.2) is 0 Å². The molecule has 0 aromatic heterocycles. The van der Waals surface area contributed by atoms with Gasteiger partial charge >= 0.3 is 29.6 Å². The van der Waals surface area contributed by atoms with Crippen LogP contribution in [0.3, 0.4) is 0 Å². The summed E-state index contributed by atoms with van der Waals surface area (Å²) in [5.74, 6) is 0. The molecule has 0 unspecified atom stereocenters. The Morgan fingerprint density at radius 1 is 1.57 bits per heavy atom. The maximum Gasteiger partial charge on any atom is 1.00 e. The predicted molar refractivity (Wildman–Crippen MR) is 19.2 cm³/mol. The van der Waals surface area contributed by atoms with Gasteiger partial charge in [0.1, 0.15) is 0 Å². The number of hydrogen-bond acceptors (Lipinski definition) is 2. The molecule has 1 saturated heterocycles. The molecule has 0 saturated carbocycles. The van der Waals surface area contributed by atoms with Crippen LogP contribution in [0.25, 0.3) is 0 Å². The van der Waals surface area contributed by atoms with Gasteiger partial charge in [-0.15, -0.1) is 6.10 Å². The molecule has 1 aliphatic rings. The fraction of sp³-hybridized carbons (Fsp3) is 1.00. The molecule has 7 heavy (non-hydrogen) atoms. The van der Waals surface area contributed by atoms with Crippen molar-refractivity contribution < 1.29 is 39.4 Å². The predicted octanol–water partition coefficient (Wildman–Crippen LogP) is -3.86. The largest absolute Gasteiger partial charge is 1.00 e. The summed E-state index contributed by atoms with van der Waals surface area (Å²) in [7, 11) is 0. The van der Waals surface area contributed by atoms with Crippen LogP contribution < -0.4 is 34.7 Å². The zero-order valence-corrected chi connectivity index (χ0v) is 6.52. The van der Waals surface area contributed by atoms with Gasteiger partial charge in [-0.3, -0.25) is 0 Å². The molecule has 2 nitrogen and oxygen atoms in total. The van der Waals surface area contributed by atoms with Gasteiger partial charge in [-0.2, -0.15) is 0 Å². The third-order valence-electron chi connectivity index (χ3n) is 0.888. The summed E-state index contributed by atoms with van der Waals surface area (Å²) in [5.41, 5.74) is 0. The molecule has 0 aliphatic carbocycles. The number of ether oxygens (including phenoxy) is 1. The molecule has 1 rings (SSSR count). The maximum atomic E-state index is 10.2. The first-order valence-electron chi connectivity index (χ1n) is 2.13. The molecule has 1 heterocycles. The van der Waals surface area contributed by atoms with Gasteiger partial charge in [-0.05, 0) is 6.42 Å². The monoisotopic (exact) mass is 110 g/mol. The van der Waals surface area contributed by atoms with Crippen molar-refractivity contribution in [2.75, 3.05) is 13.2 Å². The fourth-order valence-corrected chi connectivity index (χ4v) is 0.513. The van der Waals surface area contributed by atoms with Gasteiger partial charge in [0.05, 0.1) is 0 Å². The van der Waals surface area contributed by atoms with Crippen molar-refractivity contribution >= 4 is 0 Å². The molecule has 0 aromatic rings. The first-order chi connectivity index (χ1) is 2.89. The Bertz CT molecular complexity index is 43.0. The first kappa shape index (κ1) is 7.92. The first-order valence-corrected chi connectivity index (χ1v) is 2.13. The van der Waals surface area contributed by atoms with Crippen LogP contribution in [0.2, 0.25) is 0 Å². The van der Waals surface area contributed by atoms with Crippen LogP contribution in [0.5, 0.6) is 0 Å². The molecule has 0 aromatic carbocycles. The van der Waals surface area contributed by atoms with Gasteiger partial charge in [-0.1, -0.05) is 0 Å². The van der Waals surface area contributed by atoms with Crippen molar-refractivity contribution in [2.45, 2.75) is 12.5 Å². The van der Waals surface area contributed by atoms with Crippen molar-refractivity contribution in [3.63, 3.8) is 0 Å². The summed E-state index contributed by atoms with van der Waals surface area (Å²) in [6, 6.07) is 0. The standard InChI is InChI=1S/C4H7O2.Na/c5-4-1-2-6-3-4;/h4H,1-3H2;/q-1;+1/t4-;/m1./s1. The molecule has 36 valence electrons. The van der Waals surface area contributed by atoms with E-state index in [2.05, 4.69) is 0 Å². The normalized spacial score (nSPS) is 29.6. The Morgan fingerprint density at radius 3 is 2.43 bits per heavy atom. The minimum atomic E-state index is -0.426. The molecular weight excluding hydrogens is 103 g/mol. The summed E-state index contributed by atoms with van der Waals surface area (Å²) >= 11 is 0. The summed E-state index contributed by atoms with van der Waals surface area (Å²) in [5, 5.41) is 10.2. The zero-order chi connectivity index (χ0) is 4.41. The van der Waals surface area contributed by atoms with E-state index in [0.29, 0.717) is 19.6 Å². The van der Waals surface area contributed by atoms with Crippen LogP contribution in [0.15, 0.2) is 0 Å². The summed E-state index contributed by atoms with van der Waals surface area (Å²) in [4.78, 5) is 0. The van der Waals surface area contributed by atoms with Crippen molar-refractivity contribution in [3.05, 3.63) is 0 Å². The summed E-state index contributed by atoms with van der Waals surface area (Å²) < 4.78 is 4.74. The van der Waals surface area contributed by atoms with Crippen LogP contribution in [-0.4, -0.2) is 19.3 Å². The molecular formula is C4H7NaO2.